The van der Waals surface area contributed by atoms with Crippen LogP contribution in [0.15, 0.2) is 24.3 Å². The van der Waals surface area contributed by atoms with E-state index >= 15 is 0 Å². The zero-order valence-electron chi connectivity index (χ0n) is 8.66. The minimum Gasteiger partial charge on any atom is -0.484 e. The van der Waals surface area contributed by atoms with Crippen molar-refractivity contribution in [2.75, 3.05) is 13.2 Å². The highest BCUT2D eigenvalue weighted by atomic mass is 35.5. The Labute approximate surface area is 102 Å². The van der Waals surface area contributed by atoms with E-state index < -0.39 is 12.8 Å². The van der Waals surface area contributed by atoms with Gasteiger partial charge in [-0.15, -0.1) is 12.4 Å². The van der Waals surface area contributed by atoms with Gasteiger partial charge in [-0.25, -0.2) is 0 Å². The summed E-state index contributed by atoms with van der Waals surface area (Å²) < 4.78 is 39.9. The third-order valence-corrected chi connectivity index (χ3v) is 1.76. The lowest BCUT2D eigenvalue weighted by atomic mass is 10.1. The summed E-state index contributed by atoms with van der Waals surface area (Å²) in [5.41, 5.74) is 5.48. The van der Waals surface area contributed by atoms with Gasteiger partial charge in [-0.1, -0.05) is 0 Å². The van der Waals surface area contributed by atoms with Gasteiger partial charge in [0.2, 0.25) is 0 Å². The third-order valence-electron chi connectivity index (χ3n) is 1.76. The van der Waals surface area contributed by atoms with Crippen molar-refractivity contribution in [3.8, 4) is 5.75 Å². The first-order valence-electron chi connectivity index (χ1n) is 4.45. The van der Waals surface area contributed by atoms with Crippen LogP contribution in [-0.4, -0.2) is 25.1 Å². The molecule has 0 atom stereocenters. The highest BCUT2D eigenvalue weighted by Crippen LogP contribution is 2.18. The molecule has 0 amide bonds. The van der Waals surface area contributed by atoms with E-state index in [0.717, 1.165) is 0 Å². The van der Waals surface area contributed by atoms with Gasteiger partial charge in [-0.05, 0) is 24.3 Å². The Kier molecular flexibility index (Phi) is 5.98. The van der Waals surface area contributed by atoms with Crippen molar-refractivity contribution in [1.29, 1.82) is 0 Å². The first-order valence-corrected chi connectivity index (χ1v) is 4.45. The molecule has 0 aromatic heterocycles. The minimum atomic E-state index is -4.37. The molecule has 0 aliphatic heterocycles. The highest BCUT2D eigenvalue weighted by molar-refractivity contribution is 5.97. The molecule has 96 valence electrons. The number of ether oxygens (including phenoxy) is 1. The van der Waals surface area contributed by atoms with Crippen LogP contribution in [-0.2, 0) is 0 Å². The lowest BCUT2D eigenvalue weighted by molar-refractivity contribution is -0.153. The minimum absolute atomic E-state index is 0. The molecule has 7 heteroatoms. The Morgan fingerprint density at radius 3 is 2.18 bits per heavy atom. The Balaban J connectivity index is 0.00000256. The van der Waals surface area contributed by atoms with E-state index in [2.05, 4.69) is 4.74 Å². The molecule has 17 heavy (non-hydrogen) atoms. The molecule has 1 rings (SSSR count). The Bertz CT molecular complexity index is 365. The quantitative estimate of drug-likeness (QED) is 0.853. The number of nitrogens with two attached hydrogens (primary N) is 1. The lowest BCUT2D eigenvalue weighted by Crippen LogP contribution is -2.19. The number of carbonyl (C=O) groups excluding carboxylic acids is 1. The Morgan fingerprint density at radius 1 is 1.24 bits per heavy atom. The van der Waals surface area contributed by atoms with Crippen molar-refractivity contribution < 1.29 is 22.7 Å². The molecule has 0 heterocycles. The van der Waals surface area contributed by atoms with Gasteiger partial charge in [0.05, 0.1) is 6.54 Å². The summed E-state index contributed by atoms with van der Waals surface area (Å²) in [6.45, 7) is -1.49. The van der Waals surface area contributed by atoms with Gasteiger partial charge >= 0.3 is 6.18 Å². The Morgan fingerprint density at radius 2 is 1.76 bits per heavy atom. The summed E-state index contributed by atoms with van der Waals surface area (Å²) in [5, 5.41) is 0. The SMILES string of the molecule is Cl.NCC(=O)c1ccc(OCC(F)(F)F)cc1. The molecule has 0 fully saturated rings. The predicted molar refractivity (Wildman–Crippen MR) is 58.6 cm³/mol. The summed E-state index contributed by atoms with van der Waals surface area (Å²) in [6.07, 6.45) is -4.37. The molecule has 1 aromatic rings. The zero-order valence-corrected chi connectivity index (χ0v) is 9.48. The van der Waals surface area contributed by atoms with Gasteiger partial charge in [0, 0.05) is 5.56 Å². The summed E-state index contributed by atoms with van der Waals surface area (Å²) >= 11 is 0. The number of carbonyl (C=O) groups is 1. The van der Waals surface area contributed by atoms with Crippen molar-refractivity contribution in [1.82, 2.24) is 0 Å². The summed E-state index contributed by atoms with van der Waals surface area (Å²) in [5.74, 6) is -0.215. The van der Waals surface area contributed by atoms with Crippen LogP contribution in [0.1, 0.15) is 10.4 Å². The maximum absolute atomic E-state index is 11.8. The summed E-state index contributed by atoms with van der Waals surface area (Å²) in [6, 6.07) is 5.35. The topological polar surface area (TPSA) is 52.3 Å². The molecule has 0 aliphatic carbocycles. The lowest BCUT2D eigenvalue weighted by Gasteiger charge is -2.09. The molecular weight excluding hydrogens is 259 g/mol. The van der Waals surface area contributed by atoms with E-state index in [1.807, 2.05) is 0 Å². The second-order valence-corrected chi connectivity index (χ2v) is 3.06. The average Bonchev–Trinajstić information content (AvgIpc) is 2.25. The molecule has 0 radical (unpaired) electrons. The third kappa shape index (κ3) is 5.55. The van der Waals surface area contributed by atoms with Gasteiger partial charge in [0.1, 0.15) is 5.75 Å². The normalized spacial score (nSPS) is 10.6. The van der Waals surface area contributed by atoms with Gasteiger partial charge in [-0.3, -0.25) is 4.79 Å². The second-order valence-electron chi connectivity index (χ2n) is 3.06. The van der Waals surface area contributed by atoms with E-state index in [9.17, 15) is 18.0 Å². The molecular formula is C10H11ClF3NO2. The van der Waals surface area contributed by atoms with Crippen LogP contribution >= 0.6 is 12.4 Å². The van der Waals surface area contributed by atoms with Crippen LogP contribution in [0.25, 0.3) is 0 Å². The van der Waals surface area contributed by atoms with Crippen molar-refractivity contribution >= 4 is 18.2 Å². The fourth-order valence-corrected chi connectivity index (χ4v) is 1.02. The van der Waals surface area contributed by atoms with E-state index in [0.29, 0.717) is 5.56 Å². The molecule has 3 nitrogen and oxygen atoms in total. The van der Waals surface area contributed by atoms with E-state index in [1.54, 1.807) is 0 Å². The number of hydrogen-bond donors (Lipinski definition) is 1. The summed E-state index contributed by atoms with van der Waals surface area (Å²) in [4.78, 5) is 11.1. The van der Waals surface area contributed by atoms with Gasteiger partial charge < -0.3 is 10.5 Å². The van der Waals surface area contributed by atoms with Crippen LogP contribution in [0.4, 0.5) is 13.2 Å². The number of hydrogen-bond acceptors (Lipinski definition) is 3. The van der Waals surface area contributed by atoms with E-state index in [1.165, 1.54) is 24.3 Å². The van der Waals surface area contributed by atoms with Gasteiger partial charge in [0.15, 0.2) is 12.4 Å². The van der Waals surface area contributed by atoms with Crippen LogP contribution < -0.4 is 10.5 Å². The molecule has 0 saturated carbocycles. The Hall–Kier alpha value is -1.27. The van der Waals surface area contributed by atoms with Crippen LogP contribution in [0.3, 0.4) is 0 Å². The predicted octanol–water partition coefficient (Wildman–Crippen LogP) is 2.19. The fraction of sp³-hybridized carbons (Fsp3) is 0.300. The molecule has 0 saturated heterocycles. The van der Waals surface area contributed by atoms with E-state index in [4.69, 9.17) is 5.73 Å². The molecule has 0 bridgehead atoms. The van der Waals surface area contributed by atoms with Crippen molar-refractivity contribution in [2.45, 2.75) is 6.18 Å². The molecule has 2 N–H and O–H groups in total. The van der Waals surface area contributed by atoms with Crippen LogP contribution in [0.2, 0.25) is 0 Å². The molecule has 0 aliphatic rings. The monoisotopic (exact) mass is 269 g/mol. The second kappa shape index (κ2) is 6.46. The van der Waals surface area contributed by atoms with Crippen LogP contribution in [0.5, 0.6) is 5.75 Å². The standard InChI is InChI=1S/C10H10F3NO2.ClH/c11-10(12,13)6-16-8-3-1-7(2-4-8)9(15)5-14;/h1-4H,5-6,14H2;1H. The average molecular weight is 270 g/mol. The van der Waals surface area contributed by atoms with E-state index in [-0.39, 0.29) is 30.5 Å². The maximum atomic E-state index is 11.8. The molecule has 1 aromatic carbocycles. The van der Waals surface area contributed by atoms with Crippen molar-refractivity contribution in [3.05, 3.63) is 29.8 Å². The zero-order chi connectivity index (χ0) is 12.2. The number of halogens is 4. The number of alkyl halides is 3. The number of ketones is 1. The maximum Gasteiger partial charge on any atom is 0.422 e. The van der Waals surface area contributed by atoms with Gasteiger partial charge in [-0.2, -0.15) is 13.2 Å². The van der Waals surface area contributed by atoms with Crippen molar-refractivity contribution in [3.63, 3.8) is 0 Å². The largest absolute Gasteiger partial charge is 0.484 e. The summed E-state index contributed by atoms with van der Waals surface area (Å²) in [7, 11) is 0. The fourth-order valence-electron chi connectivity index (χ4n) is 1.02. The highest BCUT2D eigenvalue weighted by Gasteiger charge is 2.28. The smallest absolute Gasteiger partial charge is 0.422 e. The first-order chi connectivity index (χ1) is 7.42. The van der Waals surface area contributed by atoms with Gasteiger partial charge in [0.25, 0.3) is 0 Å². The van der Waals surface area contributed by atoms with Crippen molar-refractivity contribution in [2.24, 2.45) is 5.73 Å². The molecule has 0 spiro atoms. The van der Waals surface area contributed by atoms with Crippen LogP contribution in [0, 0.1) is 0 Å². The number of rotatable bonds is 4. The molecule has 0 unspecified atom stereocenters. The number of Topliss-reactive ketones (excluding diaryl/α,β-unsaturated/α-hetero) is 1. The number of benzene rings is 1. The first kappa shape index (κ1) is 15.7.